The number of amides is 4. The zero-order valence-corrected chi connectivity index (χ0v) is 43.4. The summed E-state index contributed by atoms with van der Waals surface area (Å²) in [5, 5.41) is 12.9. The minimum atomic E-state index is -4.60. The summed E-state index contributed by atoms with van der Waals surface area (Å²) in [5.74, 6) is -2.51. The van der Waals surface area contributed by atoms with Gasteiger partial charge in [0.05, 0.1) is 48.2 Å². The van der Waals surface area contributed by atoms with Gasteiger partial charge in [0, 0.05) is 50.5 Å². The predicted octanol–water partition coefficient (Wildman–Crippen LogP) is 5.57. The summed E-state index contributed by atoms with van der Waals surface area (Å²) in [6.07, 6.45) is 0.713. The van der Waals surface area contributed by atoms with Crippen molar-refractivity contribution in [2.24, 2.45) is 5.92 Å². The summed E-state index contributed by atoms with van der Waals surface area (Å²) in [7, 11) is 3.98. The molecule has 2 fully saturated rings. The number of nitrogens with zero attached hydrogens (tertiary/aromatic N) is 2. The second-order valence-corrected chi connectivity index (χ2v) is 23.0. The monoisotopic (exact) mass is 1100 g/mol. The van der Waals surface area contributed by atoms with Crippen molar-refractivity contribution in [3.63, 3.8) is 0 Å². The number of likely N-dealkylation sites (N-methyl/N-ethyl adjacent to an activating group) is 1. The van der Waals surface area contributed by atoms with E-state index in [9.17, 15) is 42.0 Å². The number of nitrogens with one attached hydrogen (secondary N) is 2. The molecule has 1 aromatic rings. The Labute approximate surface area is 407 Å². The Bertz CT molecular complexity index is 2130. The molecule has 4 rings (SSSR count). The van der Waals surface area contributed by atoms with Crippen LogP contribution in [0, 0.1) is 5.92 Å². The van der Waals surface area contributed by atoms with Crippen molar-refractivity contribution in [2.45, 2.75) is 132 Å². The molecule has 0 aromatic heterocycles. The molecule has 9 atom stereocenters. The number of hydrogen-bond donors (Lipinski definition) is 4. The van der Waals surface area contributed by atoms with Crippen molar-refractivity contribution < 1.29 is 65.7 Å². The van der Waals surface area contributed by atoms with E-state index in [1.807, 2.05) is 26.8 Å². The third kappa shape index (κ3) is 13.9. The van der Waals surface area contributed by atoms with E-state index in [-0.39, 0.29) is 42.4 Å². The van der Waals surface area contributed by atoms with Crippen molar-refractivity contribution in [2.75, 3.05) is 39.0 Å². The maximum absolute atomic E-state index is 14.3. The maximum Gasteiger partial charge on any atom is 0.409 e. The van der Waals surface area contributed by atoms with E-state index in [2.05, 4.69) is 8.85 Å². The molecule has 0 spiro atoms. The van der Waals surface area contributed by atoms with Gasteiger partial charge in [0.2, 0.25) is 17.7 Å². The van der Waals surface area contributed by atoms with Gasteiger partial charge in [-0.3, -0.25) is 27.8 Å². The van der Waals surface area contributed by atoms with Crippen LogP contribution < -0.4 is 18.5 Å². The number of methoxy groups -OCH3 is 2. The molecule has 1 aromatic carbocycles. The fraction of sp³-hybridized carbons (Fsp3) is 0.643. The first-order chi connectivity index (χ1) is 30.2. The van der Waals surface area contributed by atoms with Crippen molar-refractivity contribution in [3.8, 4) is 5.75 Å². The Kier molecular flexibility index (Phi) is 19.0. The van der Waals surface area contributed by atoms with E-state index in [0.717, 1.165) is 11.1 Å². The average Bonchev–Trinajstić information content (AvgIpc) is 3.93. The summed E-state index contributed by atoms with van der Waals surface area (Å²) < 4.78 is 63.9. The first-order valence-corrected chi connectivity index (χ1v) is 26.0. The van der Waals surface area contributed by atoms with E-state index >= 15 is 0 Å². The number of benzene rings is 1. The summed E-state index contributed by atoms with van der Waals surface area (Å²) in [6, 6.07) is 2.42. The number of carbonyl (C=O) groups is 5. The summed E-state index contributed by atoms with van der Waals surface area (Å²) in [5.41, 5.74) is -1.15. The van der Waals surface area contributed by atoms with Crippen molar-refractivity contribution in [1.82, 2.24) is 13.7 Å². The van der Waals surface area contributed by atoms with Crippen molar-refractivity contribution in [3.05, 3.63) is 46.5 Å². The number of ether oxygens (including phenoxy) is 5. The van der Waals surface area contributed by atoms with Gasteiger partial charge in [0.1, 0.15) is 40.7 Å². The number of alkyl carbamates (subject to hydrolysis) is 1. The molecule has 364 valence electrons. The predicted molar refractivity (Wildman–Crippen MR) is 256 cm³/mol. The second kappa shape index (κ2) is 22.5. The fourth-order valence-corrected chi connectivity index (χ4v) is 12.1. The molecule has 4 N–H and O–H groups in total. The zero-order chi connectivity index (χ0) is 48.8. The van der Waals surface area contributed by atoms with Crippen LogP contribution in [0.2, 0.25) is 5.02 Å². The molecule has 65 heavy (non-hydrogen) atoms. The van der Waals surface area contributed by atoms with Crippen LogP contribution >= 0.6 is 56.1 Å². The van der Waals surface area contributed by atoms with Crippen LogP contribution in [0.15, 0.2) is 35.9 Å². The van der Waals surface area contributed by atoms with Crippen LogP contribution in [0.3, 0.4) is 0 Å². The minimum Gasteiger partial charge on any atom is -0.495 e. The van der Waals surface area contributed by atoms with Gasteiger partial charge in [-0.1, -0.05) is 63.9 Å². The van der Waals surface area contributed by atoms with Gasteiger partial charge in [0.15, 0.2) is 11.0 Å². The molecule has 18 nitrogen and oxygen atoms in total. The highest BCUT2D eigenvalue weighted by atomic mass is 127. The smallest absolute Gasteiger partial charge is 0.409 e. The highest BCUT2D eigenvalue weighted by molar-refractivity contribution is 14.1. The van der Waals surface area contributed by atoms with Crippen molar-refractivity contribution in [1.29, 1.82) is 0 Å². The van der Waals surface area contributed by atoms with Crippen LogP contribution in [0.5, 0.6) is 5.75 Å². The minimum absolute atomic E-state index is 0.0341. The van der Waals surface area contributed by atoms with E-state index in [4.69, 9.17) is 35.3 Å². The lowest BCUT2D eigenvalue weighted by atomic mass is 9.83. The highest BCUT2D eigenvalue weighted by Crippen LogP contribution is 2.49. The number of hydrogen-bond acceptors (Lipinski definition) is 15. The number of anilines is 1. The third-order valence-electron chi connectivity index (χ3n) is 12.0. The average molecular weight is 1100 g/mol. The summed E-state index contributed by atoms with van der Waals surface area (Å²) in [4.78, 5) is 69.4. The maximum atomic E-state index is 14.3. The Morgan fingerprint density at radius 1 is 1.23 bits per heavy atom. The Morgan fingerprint density at radius 3 is 2.52 bits per heavy atom. The molecule has 9 unspecified atom stereocenters. The molecule has 0 aliphatic carbocycles. The van der Waals surface area contributed by atoms with Crippen molar-refractivity contribution >= 4 is 102 Å². The molecular weight excluding hydrogens is 1040 g/mol. The van der Waals surface area contributed by atoms with Crippen LogP contribution in [-0.2, 0) is 54.7 Å². The molecular formula is C42H60ClIN4O14S3. The Hall–Kier alpha value is -2.84. The number of fused-ring (bicyclic) bond motifs is 5. The first kappa shape index (κ1) is 54.8. The lowest BCUT2D eigenvalue weighted by molar-refractivity contribution is -0.162. The number of epoxide rings is 1. The molecule has 3 heterocycles. The first-order valence-electron chi connectivity index (χ1n) is 20.7. The second-order valence-electron chi connectivity index (χ2n) is 17.3. The topological polar surface area (TPSA) is 240 Å². The highest BCUT2D eigenvalue weighted by Gasteiger charge is 2.64. The normalized spacial score (nSPS) is 28.6. The number of carbonyl (C=O) groups excluding carboxylic acids is 5. The largest absolute Gasteiger partial charge is 0.495 e. The van der Waals surface area contributed by atoms with Crippen LogP contribution in [0.25, 0.3) is 0 Å². The van der Waals surface area contributed by atoms with E-state index in [1.165, 1.54) is 82.4 Å². The van der Waals surface area contributed by atoms with E-state index < -0.39 is 91.7 Å². The number of rotatable bonds is 15. The lowest BCUT2D eigenvalue weighted by Crippen LogP contribution is -2.63. The molecule has 2 saturated heterocycles. The van der Waals surface area contributed by atoms with Gasteiger partial charge in [-0.25, -0.2) is 9.59 Å². The molecule has 0 radical (unpaired) electrons. The fourth-order valence-electron chi connectivity index (χ4n) is 7.68. The van der Waals surface area contributed by atoms with Crippen LogP contribution in [0.4, 0.5) is 10.5 Å². The molecule has 3 aliphatic heterocycles. The van der Waals surface area contributed by atoms with Gasteiger partial charge in [-0.05, 0) is 71.6 Å². The van der Waals surface area contributed by atoms with Crippen LogP contribution in [0.1, 0.15) is 79.2 Å². The Morgan fingerprint density at radius 2 is 1.91 bits per heavy atom. The van der Waals surface area contributed by atoms with Gasteiger partial charge in [-0.15, -0.1) is 0 Å². The van der Waals surface area contributed by atoms with E-state index in [1.54, 1.807) is 45.2 Å². The number of esters is 1. The number of halogens is 2. The quantitative estimate of drug-likeness (QED) is 0.0320. The van der Waals surface area contributed by atoms with Gasteiger partial charge < -0.3 is 38.6 Å². The third-order valence-corrected chi connectivity index (χ3v) is 17.4. The summed E-state index contributed by atoms with van der Waals surface area (Å²) >= 11 is 8.30. The zero-order valence-electron chi connectivity index (χ0n) is 38.0. The SMILES string of the molecule is COc1cc2cc(c1Cl)N(C)C(=O)CC(OC(=O)C(C)N(C)C(=O)CCC(C)(C)SSCCC(C(=O)NI)S(=O)(=O)O)C1(C)OC1C(C)C1CC(O)(NC(=O)O1)C(OC)/C=C/C=C(\C)C2. The molecule has 4 bridgehead atoms. The molecule has 3 aliphatic rings. The summed E-state index contributed by atoms with van der Waals surface area (Å²) in [6.45, 7) is 10.6. The van der Waals surface area contributed by atoms with Crippen LogP contribution in [-0.4, -0.2) is 139 Å². The van der Waals surface area contributed by atoms with Gasteiger partial charge >= 0.3 is 12.1 Å². The van der Waals surface area contributed by atoms with Gasteiger partial charge in [0.25, 0.3) is 10.1 Å². The molecule has 4 amide bonds. The number of allylic oxidation sites excluding steroid dienone is 3. The number of aliphatic hydroxyl groups is 1. The van der Waals surface area contributed by atoms with Gasteiger partial charge in [-0.2, -0.15) is 8.42 Å². The van der Waals surface area contributed by atoms with E-state index in [0.29, 0.717) is 24.3 Å². The lowest BCUT2D eigenvalue weighted by Gasteiger charge is -2.42. The molecule has 23 heteroatoms. The Balaban J connectivity index is 1.57. The standard InChI is InChI=1S/C42H60ClIN4O14S3/c1-23-12-11-13-31(59-10)42(54)22-29(60-39(53)45-42)24(2)36-41(6,62-36)32(21-34(50)48(8)27-19-26(18-23)20-28(58-9)35(27)43)61-38(52)25(3)47(7)33(49)14-16-40(4,5)64-63-17-15-30(37(51)46-44)65(55,56)57/h11-13,19-20,24-25,29-32,36,54H,14-18,21-22H2,1-10H3,(H,45,53)(H,46,51)(H,55,56,57)/b13-11+,23-12+. The molecule has 0 saturated carbocycles.